The number of aliphatic hydroxyl groups is 1. The number of thiazole rings is 2. The smallest absolute Gasteiger partial charge is 0.355 e. The molecule has 0 saturated heterocycles. The van der Waals surface area contributed by atoms with E-state index in [1.165, 1.54) is 34.8 Å². The lowest BCUT2D eigenvalue weighted by molar-refractivity contribution is 0.0690. The molecule has 0 bridgehead atoms. The van der Waals surface area contributed by atoms with E-state index in [0.717, 1.165) is 15.8 Å². The van der Waals surface area contributed by atoms with Crippen LogP contribution in [0.1, 0.15) is 57.5 Å². The highest BCUT2D eigenvalue weighted by molar-refractivity contribution is 7.22. The molecule has 0 aliphatic heterocycles. The largest absolute Gasteiger partial charge is 0.491 e. The van der Waals surface area contributed by atoms with E-state index >= 15 is 0 Å². The zero-order valence-corrected chi connectivity index (χ0v) is 27.5. The first-order valence-corrected chi connectivity index (χ1v) is 16.6. The van der Waals surface area contributed by atoms with E-state index < -0.39 is 11.8 Å². The third-order valence-electron chi connectivity index (χ3n) is 6.96. The van der Waals surface area contributed by atoms with Crippen molar-refractivity contribution in [3.8, 4) is 17.6 Å². The van der Waals surface area contributed by atoms with E-state index in [2.05, 4.69) is 48.0 Å². The topological polar surface area (TPSA) is 154 Å². The van der Waals surface area contributed by atoms with Gasteiger partial charge in [0.05, 0.1) is 35.1 Å². The van der Waals surface area contributed by atoms with Gasteiger partial charge in [0.25, 0.3) is 0 Å². The molecule has 0 saturated carbocycles. The maximum absolute atomic E-state index is 14.5. The summed E-state index contributed by atoms with van der Waals surface area (Å²) in [5.74, 6) is 4.80. The number of ether oxygens (including phenoxy) is 1. The lowest BCUT2D eigenvalue weighted by Gasteiger charge is -2.18. The molecule has 11 nitrogen and oxygen atoms in total. The van der Waals surface area contributed by atoms with Gasteiger partial charge in [-0.2, -0.15) is 5.10 Å². The van der Waals surface area contributed by atoms with Crippen LogP contribution in [0.25, 0.3) is 10.2 Å². The highest BCUT2D eigenvalue weighted by atomic mass is 32.1. The van der Waals surface area contributed by atoms with Crippen LogP contribution >= 0.6 is 22.7 Å². The summed E-state index contributed by atoms with van der Waals surface area (Å²) in [6.07, 6.45) is 1.84. The Bertz CT molecular complexity index is 1870. The molecule has 3 aromatic heterocycles. The van der Waals surface area contributed by atoms with Crippen LogP contribution in [0.5, 0.6) is 5.75 Å². The van der Waals surface area contributed by atoms with Gasteiger partial charge in [0, 0.05) is 17.0 Å². The van der Waals surface area contributed by atoms with Crippen LogP contribution in [0, 0.1) is 24.6 Å². The van der Waals surface area contributed by atoms with Gasteiger partial charge in [0.2, 0.25) is 0 Å². The van der Waals surface area contributed by atoms with E-state index in [1.54, 1.807) is 13.1 Å². The average Bonchev–Trinajstić information content (AvgIpc) is 3.67. The van der Waals surface area contributed by atoms with E-state index in [9.17, 15) is 19.4 Å². The number of aliphatic hydroxyl groups excluding tert-OH is 1. The minimum absolute atomic E-state index is 0.0155. The lowest BCUT2D eigenvalue weighted by atomic mass is 10.1. The SMILES string of the molecule is CNCC#Cc1ccc(OCCCc2sc(NC(CCCO)c3cc(C)c(Nc4nc5ccccc5s4)nn3)nc2C(=O)O)c(F)c1. The normalized spacial score (nSPS) is 11.6. The molecule has 14 heteroatoms. The molecular formula is C33H34FN7O4S2. The number of hydrogen-bond acceptors (Lipinski definition) is 12. The van der Waals surface area contributed by atoms with Crippen LogP contribution in [0.3, 0.4) is 0 Å². The second-order valence-electron chi connectivity index (χ2n) is 10.5. The van der Waals surface area contributed by atoms with Gasteiger partial charge >= 0.3 is 5.97 Å². The molecule has 2 aromatic carbocycles. The summed E-state index contributed by atoms with van der Waals surface area (Å²) in [4.78, 5) is 21.6. The molecule has 5 rings (SSSR count). The quantitative estimate of drug-likeness (QED) is 0.0662. The average molecular weight is 676 g/mol. The number of para-hydroxylation sites is 1. The molecular weight excluding hydrogens is 642 g/mol. The summed E-state index contributed by atoms with van der Waals surface area (Å²) >= 11 is 2.76. The summed E-state index contributed by atoms with van der Waals surface area (Å²) < 4.78 is 21.2. The molecule has 244 valence electrons. The molecule has 1 atom stereocenters. The number of aromatic carboxylic acids is 1. The van der Waals surface area contributed by atoms with E-state index in [4.69, 9.17) is 4.74 Å². The van der Waals surface area contributed by atoms with E-state index in [-0.39, 0.29) is 30.7 Å². The number of carboxylic acids is 1. The summed E-state index contributed by atoms with van der Waals surface area (Å²) in [5.41, 5.74) is 2.89. The van der Waals surface area contributed by atoms with Gasteiger partial charge in [0.15, 0.2) is 33.3 Å². The van der Waals surface area contributed by atoms with Crippen LogP contribution in [-0.4, -0.2) is 63.2 Å². The van der Waals surface area contributed by atoms with Crippen molar-refractivity contribution in [1.82, 2.24) is 25.5 Å². The molecule has 1 unspecified atom stereocenters. The van der Waals surface area contributed by atoms with Crippen molar-refractivity contribution in [2.45, 2.75) is 38.6 Å². The Kier molecular flexibility index (Phi) is 11.6. The Hall–Kier alpha value is -4.68. The minimum atomic E-state index is -1.14. The predicted octanol–water partition coefficient (Wildman–Crippen LogP) is 5.94. The van der Waals surface area contributed by atoms with Crippen molar-refractivity contribution >= 4 is 54.9 Å². The van der Waals surface area contributed by atoms with E-state index in [1.807, 2.05) is 37.3 Å². The molecule has 0 spiro atoms. The monoisotopic (exact) mass is 675 g/mol. The molecule has 0 aliphatic carbocycles. The number of rotatable bonds is 15. The number of anilines is 3. The van der Waals surface area contributed by atoms with Gasteiger partial charge in [-0.25, -0.2) is 19.2 Å². The minimum Gasteiger partial charge on any atom is -0.491 e. The van der Waals surface area contributed by atoms with Gasteiger partial charge in [-0.3, -0.25) is 0 Å². The van der Waals surface area contributed by atoms with Crippen LogP contribution in [-0.2, 0) is 6.42 Å². The Morgan fingerprint density at radius 1 is 1.09 bits per heavy atom. The number of nitrogens with one attached hydrogen (secondary N) is 3. The van der Waals surface area contributed by atoms with Gasteiger partial charge in [-0.15, -0.1) is 16.4 Å². The van der Waals surface area contributed by atoms with E-state index in [0.29, 0.717) is 64.4 Å². The molecule has 0 aliphatic rings. The maximum Gasteiger partial charge on any atom is 0.355 e. The number of halogens is 1. The van der Waals surface area contributed by atoms with Crippen molar-refractivity contribution in [3.63, 3.8) is 0 Å². The number of nitrogens with zero attached hydrogens (tertiary/aromatic N) is 4. The van der Waals surface area contributed by atoms with Crippen molar-refractivity contribution in [3.05, 3.63) is 81.7 Å². The van der Waals surface area contributed by atoms with Gasteiger partial charge < -0.3 is 30.9 Å². The summed E-state index contributed by atoms with van der Waals surface area (Å²) in [6.45, 7) is 2.59. The number of carbonyl (C=O) groups is 1. The number of benzene rings is 2. The second-order valence-corrected chi connectivity index (χ2v) is 12.6. The Morgan fingerprint density at radius 3 is 2.68 bits per heavy atom. The zero-order chi connectivity index (χ0) is 33.2. The fourth-order valence-electron chi connectivity index (χ4n) is 4.66. The third kappa shape index (κ3) is 8.99. The highest BCUT2D eigenvalue weighted by Crippen LogP contribution is 2.32. The first-order chi connectivity index (χ1) is 22.8. The number of aromatic nitrogens is 4. The van der Waals surface area contributed by atoms with Crippen molar-refractivity contribution in [2.75, 3.05) is 37.4 Å². The fraction of sp³-hybridized carbons (Fsp3) is 0.303. The predicted molar refractivity (Wildman–Crippen MR) is 182 cm³/mol. The van der Waals surface area contributed by atoms with Crippen LogP contribution in [0.15, 0.2) is 48.5 Å². The fourth-order valence-corrected chi connectivity index (χ4v) is 6.57. The molecule has 47 heavy (non-hydrogen) atoms. The molecule has 0 radical (unpaired) electrons. The Labute approximate surface area is 279 Å². The third-order valence-corrected chi connectivity index (χ3v) is 8.96. The summed E-state index contributed by atoms with van der Waals surface area (Å²) in [5, 5.41) is 38.8. The second kappa shape index (κ2) is 16.2. The Balaban J connectivity index is 1.23. The molecule has 5 aromatic rings. The lowest BCUT2D eigenvalue weighted by Crippen LogP contribution is -2.15. The van der Waals surface area contributed by atoms with Gasteiger partial charge in [-0.1, -0.05) is 35.3 Å². The Morgan fingerprint density at radius 2 is 1.94 bits per heavy atom. The van der Waals surface area contributed by atoms with Crippen LogP contribution < -0.4 is 20.7 Å². The van der Waals surface area contributed by atoms with Crippen LogP contribution in [0.2, 0.25) is 0 Å². The highest BCUT2D eigenvalue weighted by Gasteiger charge is 2.22. The maximum atomic E-state index is 14.5. The molecule has 0 amide bonds. The number of hydrogen-bond donors (Lipinski definition) is 5. The zero-order valence-electron chi connectivity index (χ0n) is 25.8. The number of carboxylic acid groups (broad SMARTS) is 1. The van der Waals surface area contributed by atoms with Gasteiger partial charge in [0.1, 0.15) is 0 Å². The number of fused-ring (bicyclic) bond motifs is 1. The van der Waals surface area contributed by atoms with Crippen molar-refractivity contribution < 1.29 is 24.1 Å². The van der Waals surface area contributed by atoms with Crippen molar-refractivity contribution in [2.24, 2.45) is 0 Å². The molecule has 3 heterocycles. The van der Waals surface area contributed by atoms with Crippen LogP contribution in [0.4, 0.5) is 20.5 Å². The van der Waals surface area contributed by atoms with Gasteiger partial charge in [-0.05, 0) is 81.6 Å². The standard InChI is InChI=1S/C33H34FN7O4S2/c1-20-18-25(40-41-30(20)39-33-37-24-9-3-4-11-27(24)46-33)23(10-6-16-42)36-32-38-29(31(43)44)28(47-32)12-7-17-45-26-14-13-21(19-22(26)34)8-5-15-35-2/h3-4,9,11,13-14,18-19,23,35,42H,6-7,10,12,15-17H2,1-2H3,(H,36,38)(H,43,44)(H,37,39,41). The molecule has 0 fully saturated rings. The summed E-state index contributed by atoms with van der Waals surface area (Å²) in [6, 6.07) is 14.0. The number of aryl methyl sites for hydroxylation is 2. The van der Waals surface area contributed by atoms with Crippen molar-refractivity contribution in [1.29, 1.82) is 0 Å². The molecule has 5 N–H and O–H groups in total. The first kappa shape index (κ1) is 33.7. The first-order valence-electron chi connectivity index (χ1n) is 15.0. The summed E-state index contributed by atoms with van der Waals surface area (Å²) in [7, 11) is 1.78.